The van der Waals surface area contributed by atoms with Gasteiger partial charge in [-0.05, 0) is 19.9 Å². The second-order valence-corrected chi connectivity index (χ2v) is 9.64. The number of hydrogen-bond donors (Lipinski definition) is 3. The van der Waals surface area contributed by atoms with Gasteiger partial charge in [0.15, 0.2) is 0 Å². The summed E-state index contributed by atoms with van der Waals surface area (Å²) in [6.45, 7) is 10.8. The molecule has 0 spiro atoms. The summed E-state index contributed by atoms with van der Waals surface area (Å²) in [7, 11) is 2.21. The van der Waals surface area contributed by atoms with E-state index in [2.05, 4.69) is 32.5 Å². The van der Waals surface area contributed by atoms with E-state index in [0.29, 0.717) is 6.04 Å². The summed E-state index contributed by atoms with van der Waals surface area (Å²) in [5.74, 6) is -7.01. The lowest BCUT2D eigenvalue weighted by molar-refractivity contribution is -0.193. The zero-order valence-corrected chi connectivity index (χ0v) is 23.3. The number of nitrogens with zero attached hydrogens (tertiary/aromatic N) is 5. The Labute approximate surface area is 244 Å². The van der Waals surface area contributed by atoms with E-state index in [9.17, 15) is 39.5 Å². The number of piperazine rings is 1. The third-order valence-electron chi connectivity index (χ3n) is 6.30. The molecule has 4 heterocycles. The summed E-state index contributed by atoms with van der Waals surface area (Å²) < 4.78 is 103. The molecule has 4 rings (SSSR count). The normalized spacial score (nSPS) is 18.8. The molecule has 0 bridgehead atoms. The smallest absolute Gasteiger partial charge is 0.475 e. The molecule has 0 unspecified atom stereocenters. The number of rotatable bonds is 3. The second kappa shape index (κ2) is 16.8. The fourth-order valence-electron chi connectivity index (χ4n) is 4.00. The molecule has 3 N–H and O–H groups in total. The monoisotopic (exact) mass is 661 g/mol. The lowest BCUT2D eigenvalue weighted by atomic mass is 10.1. The van der Waals surface area contributed by atoms with E-state index >= 15 is 0 Å². The third-order valence-corrected chi connectivity index (χ3v) is 6.30. The molecule has 0 aromatic carbocycles. The Kier molecular flexibility index (Phi) is 14.8. The van der Waals surface area contributed by atoms with Crippen LogP contribution in [0.1, 0.15) is 24.4 Å². The number of likely N-dealkylation sites (N-methyl/N-ethyl adjacent to an activating group) is 1. The molecule has 0 amide bonds. The molecule has 0 atom stereocenters. The van der Waals surface area contributed by atoms with Gasteiger partial charge in [-0.15, -0.1) is 0 Å². The van der Waals surface area contributed by atoms with E-state index in [1.165, 1.54) is 37.4 Å². The number of imidazole rings is 1. The highest BCUT2D eigenvalue weighted by Crippen LogP contribution is 2.21. The maximum atomic E-state index is 10.6. The summed E-state index contributed by atoms with van der Waals surface area (Å²) >= 11 is 0. The highest BCUT2D eigenvalue weighted by Gasteiger charge is 2.39. The lowest BCUT2D eigenvalue weighted by Crippen LogP contribution is -2.44. The molecule has 12 nitrogen and oxygen atoms in total. The Hall–Kier alpha value is -3.17. The largest absolute Gasteiger partial charge is 0.490 e. The quantitative estimate of drug-likeness (QED) is 0.411. The van der Waals surface area contributed by atoms with E-state index in [1.54, 1.807) is 0 Å². The minimum absolute atomic E-state index is 0.690. The molecule has 254 valence electrons. The second-order valence-electron chi connectivity index (χ2n) is 9.64. The summed E-state index contributed by atoms with van der Waals surface area (Å²) in [5, 5.41) is 21.4. The Morgan fingerprint density at radius 2 is 1.23 bits per heavy atom. The van der Waals surface area contributed by atoms with Crippen LogP contribution in [-0.2, 0) is 38.8 Å². The molecule has 1 aromatic rings. The highest BCUT2D eigenvalue weighted by atomic mass is 19.4. The Bertz CT molecular complexity index is 1010. The summed E-state index contributed by atoms with van der Waals surface area (Å²) in [4.78, 5) is 39.2. The first kappa shape index (κ1) is 38.9. The van der Waals surface area contributed by atoms with Crippen LogP contribution in [0.5, 0.6) is 0 Å². The van der Waals surface area contributed by atoms with Gasteiger partial charge in [0.2, 0.25) is 0 Å². The van der Waals surface area contributed by atoms with Crippen LogP contribution in [0.25, 0.3) is 0 Å². The van der Waals surface area contributed by atoms with Crippen LogP contribution < -0.4 is 0 Å². The molecule has 3 aliphatic heterocycles. The van der Waals surface area contributed by atoms with Crippen LogP contribution >= 0.6 is 0 Å². The van der Waals surface area contributed by atoms with Crippen molar-refractivity contribution in [1.82, 2.24) is 24.3 Å². The summed E-state index contributed by atoms with van der Waals surface area (Å²) in [6.07, 6.45) is -10.6. The van der Waals surface area contributed by atoms with Gasteiger partial charge in [0.1, 0.15) is 5.82 Å². The lowest BCUT2D eigenvalue weighted by Gasteiger charge is -2.36. The number of carboxylic acid groups (broad SMARTS) is 3. The number of aromatic nitrogens is 2. The SMILES string of the molecule is CN1CCN(Cc2cn3c(n2)CN(C2CCOCC2)CC3)CC1.O=C(O)C(F)(F)F.O=C(O)C(F)(F)F.O=C(O)C(F)(F)F. The molecule has 2 fully saturated rings. The molecule has 0 saturated carbocycles. The van der Waals surface area contributed by atoms with E-state index in [0.717, 1.165) is 52.5 Å². The van der Waals surface area contributed by atoms with Gasteiger partial charge in [0, 0.05) is 71.3 Å². The number of halogens is 9. The summed E-state index contributed by atoms with van der Waals surface area (Å²) in [5.41, 5.74) is 1.25. The predicted octanol–water partition coefficient (Wildman–Crippen LogP) is 2.52. The third kappa shape index (κ3) is 14.5. The van der Waals surface area contributed by atoms with Crippen LogP contribution in [0.15, 0.2) is 6.20 Å². The molecular weight excluding hydrogens is 629 g/mol. The number of carbonyl (C=O) groups is 3. The first-order valence-corrected chi connectivity index (χ1v) is 12.8. The maximum Gasteiger partial charge on any atom is 0.490 e. The topological polar surface area (TPSA) is 149 Å². The fraction of sp³-hybridized carbons (Fsp3) is 0.739. The van der Waals surface area contributed by atoms with Crippen molar-refractivity contribution < 1.29 is 74.0 Å². The van der Waals surface area contributed by atoms with Crippen LogP contribution in [-0.4, -0.2) is 135 Å². The summed E-state index contributed by atoms with van der Waals surface area (Å²) in [6, 6.07) is 0.690. The maximum absolute atomic E-state index is 10.6. The highest BCUT2D eigenvalue weighted by molar-refractivity contribution is 5.73. The number of fused-ring (bicyclic) bond motifs is 1. The fourth-order valence-corrected chi connectivity index (χ4v) is 4.00. The van der Waals surface area contributed by atoms with E-state index in [4.69, 9.17) is 39.4 Å². The van der Waals surface area contributed by atoms with Crippen molar-refractivity contribution in [2.24, 2.45) is 0 Å². The van der Waals surface area contributed by atoms with Crippen LogP contribution in [0.2, 0.25) is 0 Å². The minimum Gasteiger partial charge on any atom is -0.475 e. The van der Waals surface area contributed by atoms with Crippen molar-refractivity contribution in [1.29, 1.82) is 0 Å². The number of ether oxygens (including phenoxy) is 1. The molecule has 21 heteroatoms. The number of alkyl halides is 9. The zero-order valence-electron chi connectivity index (χ0n) is 23.3. The van der Waals surface area contributed by atoms with E-state index in [1.807, 2.05) is 0 Å². The first-order valence-electron chi connectivity index (χ1n) is 12.8. The van der Waals surface area contributed by atoms with Crippen LogP contribution in [0.3, 0.4) is 0 Å². The van der Waals surface area contributed by atoms with Crippen molar-refractivity contribution in [3.63, 3.8) is 0 Å². The Morgan fingerprint density at radius 3 is 1.64 bits per heavy atom. The molecule has 0 radical (unpaired) electrons. The van der Waals surface area contributed by atoms with Crippen LogP contribution in [0.4, 0.5) is 39.5 Å². The van der Waals surface area contributed by atoms with Gasteiger partial charge in [-0.1, -0.05) is 0 Å². The molecular formula is C23H32F9N5O7. The standard InChI is InChI=1S/C17H29N5O.3C2HF3O2/c1-19-4-6-20(7-5-19)12-15-13-22-9-8-21(14-17(22)18-15)16-2-10-23-11-3-16;3*3-2(4,5)1(6)7/h13,16H,2-12,14H2,1H3;3*(H,6,7). The van der Waals surface area contributed by atoms with Crippen molar-refractivity contribution >= 4 is 17.9 Å². The average molecular weight is 662 g/mol. The van der Waals surface area contributed by atoms with Crippen molar-refractivity contribution in [2.45, 2.75) is 57.0 Å². The first-order chi connectivity index (χ1) is 20.1. The number of carboxylic acids is 3. The molecule has 1 aromatic heterocycles. The number of hydrogen-bond acceptors (Lipinski definition) is 8. The van der Waals surface area contributed by atoms with E-state index in [-0.39, 0.29) is 0 Å². The van der Waals surface area contributed by atoms with Crippen molar-refractivity contribution in [3.05, 3.63) is 17.7 Å². The molecule has 44 heavy (non-hydrogen) atoms. The van der Waals surface area contributed by atoms with Crippen LogP contribution in [0, 0.1) is 0 Å². The predicted molar refractivity (Wildman–Crippen MR) is 130 cm³/mol. The van der Waals surface area contributed by atoms with E-state index < -0.39 is 36.4 Å². The van der Waals surface area contributed by atoms with Gasteiger partial charge in [0.25, 0.3) is 0 Å². The Morgan fingerprint density at radius 1 is 0.795 bits per heavy atom. The minimum atomic E-state index is -5.08. The van der Waals surface area contributed by atoms with Gasteiger partial charge >= 0.3 is 36.4 Å². The molecule has 0 aliphatic carbocycles. The van der Waals surface area contributed by atoms with Gasteiger partial charge < -0.3 is 29.5 Å². The zero-order chi connectivity index (χ0) is 33.9. The Balaban J connectivity index is 0.000000379. The molecule has 3 aliphatic rings. The molecule has 2 saturated heterocycles. The van der Waals surface area contributed by atoms with Gasteiger partial charge in [-0.25, -0.2) is 19.4 Å². The van der Waals surface area contributed by atoms with Crippen molar-refractivity contribution in [2.75, 3.05) is 53.0 Å². The van der Waals surface area contributed by atoms with Gasteiger partial charge in [-0.3, -0.25) is 9.80 Å². The number of aliphatic carboxylic acids is 3. The van der Waals surface area contributed by atoms with Crippen molar-refractivity contribution in [3.8, 4) is 0 Å². The van der Waals surface area contributed by atoms with Gasteiger partial charge in [-0.2, -0.15) is 39.5 Å². The average Bonchev–Trinajstić information content (AvgIpc) is 3.31. The van der Waals surface area contributed by atoms with Gasteiger partial charge in [0.05, 0.1) is 12.2 Å².